The SMILES string of the molecule is OCc1c(F)cncc1-c1ccccc1F. The van der Waals surface area contributed by atoms with Gasteiger partial charge >= 0.3 is 0 Å². The Balaban J connectivity index is 2.65. The fraction of sp³-hybridized carbons (Fsp3) is 0.0833. The maximum absolute atomic E-state index is 13.5. The van der Waals surface area contributed by atoms with E-state index in [9.17, 15) is 8.78 Å². The third-order valence-electron chi connectivity index (χ3n) is 2.33. The first-order valence-corrected chi connectivity index (χ1v) is 4.72. The molecule has 2 rings (SSSR count). The van der Waals surface area contributed by atoms with Gasteiger partial charge in [-0.1, -0.05) is 18.2 Å². The molecule has 82 valence electrons. The van der Waals surface area contributed by atoms with Gasteiger partial charge in [0.05, 0.1) is 12.8 Å². The van der Waals surface area contributed by atoms with Gasteiger partial charge < -0.3 is 5.11 Å². The number of benzene rings is 1. The Hall–Kier alpha value is -1.81. The van der Waals surface area contributed by atoms with E-state index in [2.05, 4.69) is 4.98 Å². The summed E-state index contributed by atoms with van der Waals surface area (Å²) in [5, 5.41) is 9.06. The first kappa shape index (κ1) is 10.7. The lowest BCUT2D eigenvalue weighted by atomic mass is 10.0. The van der Waals surface area contributed by atoms with Crippen LogP contribution in [0.15, 0.2) is 36.7 Å². The van der Waals surface area contributed by atoms with E-state index in [1.54, 1.807) is 12.1 Å². The summed E-state index contributed by atoms with van der Waals surface area (Å²) in [5.74, 6) is -1.10. The Morgan fingerprint density at radius 1 is 1.00 bits per heavy atom. The molecule has 4 heteroatoms. The smallest absolute Gasteiger partial charge is 0.147 e. The van der Waals surface area contributed by atoms with Gasteiger partial charge in [0, 0.05) is 22.9 Å². The average molecular weight is 221 g/mol. The van der Waals surface area contributed by atoms with Crippen LogP contribution in [0.3, 0.4) is 0 Å². The second-order valence-corrected chi connectivity index (χ2v) is 3.29. The highest BCUT2D eigenvalue weighted by Crippen LogP contribution is 2.26. The van der Waals surface area contributed by atoms with Crippen molar-refractivity contribution >= 4 is 0 Å². The molecule has 2 aromatic rings. The van der Waals surface area contributed by atoms with Crippen LogP contribution in [0.2, 0.25) is 0 Å². The number of nitrogens with zero attached hydrogens (tertiary/aromatic N) is 1. The van der Waals surface area contributed by atoms with Crippen LogP contribution >= 0.6 is 0 Å². The molecule has 2 nitrogen and oxygen atoms in total. The number of pyridine rings is 1. The molecule has 0 aliphatic rings. The summed E-state index contributed by atoms with van der Waals surface area (Å²) in [4.78, 5) is 3.66. The molecule has 0 unspecified atom stereocenters. The summed E-state index contributed by atoms with van der Waals surface area (Å²) in [6.45, 7) is -0.488. The zero-order valence-electron chi connectivity index (χ0n) is 8.32. The van der Waals surface area contributed by atoms with Crippen molar-refractivity contribution in [1.29, 1.82) is 0 Å². The number of aliphatic hydroxyl groups is 1. The van der Waals surface area contributed by atoms with Crippen molar-refractivity contribution in [2.45, 2.75) is 6.61 Å². The number of aliphatic hydroxyl groups excluding tert-OH is 1. The van der Waals surface area contributed by atoms with Crippen LogP contribution in [-0.2, 0) is 6.61 Å². The van der Waals surface area contributed by atoms with Crippen molar-refractivity contribution < 1.29 is 13.9 Å². The van der Waals surface area contributed by atoms with Gasteiger partial charge in [-0.15, -0.1) is 0 Å². The zero-order valence-corrected chi connectivity index (χ0v) is 8.32. The molecule has 1 aromatic carbocycles. The van der Waals surface area contributed by atoms with Crippen molar-refractivity contribution in [2.24, 2.45) is 0 Å². The van der Waals surface area contributed by atoms with E-state index in [0.29, 0.717) is 0 Å². The van der Waals surface area contributed by atoms with E-state index in [0.717, 1.165) is 6.20 Å². The molecule has 1 N–H and O–H groups in total. The van der Waals surface area contributed by atoms with Crippen LogP contribution in [0.5, 0.6) is 0 Å². The minimum Gasteiger partial charge on any atom is -0.392 e. The normalized spacial score (nSPS) is 10.4. The van der Waals surface area contributed by atoms with Crippen molar-refractivity contribution in [3.63, 3.8) is 0 Å². The summed E-state index contributed by atoms with van der Waals surface area (Å²) in [7, 11) is 0. The number of rotatable bonds is 2. The Morgan fingerprint density at radius 2 is 1.75 bits per heavy atom. The van der Waals surface area contributed by atoms with Crippen molar-refractivity contribution in [2.75, 3.05) is 0 Å². The number of aromatic nitrogens is 1. The van der Waals surface area contributed by atoms with E-state index in [1.807, 2.05) is 0 Å². The number of hydrogen-bond acceptors (Lipinski definition) is 2. The van der Waals surface area contributed by atoms with E-state index >= 15 is 0 Å². The Kier molecular flexibility index (Phi) is 2.92. The first-order chi connectivity index (χ1) is 7.74. The monoisotopic (exact) mass is 221 g/mol. The topological polar surface area (TPSA) is 33.1 Å². The van der Waals surface area contributed by atoms with E-state index in [-0.39, 0.29) is 16.7 Å². The highest BCUT2D eigenvalue weighted by molar-refractivity contribution is 5.66. The summed E-state index contributed by atoms with van der Waals surface area (Å²) in [6.07, 6.45) is 2.34. The molecule has 0 spiro atoms. The molecule has 0 bridgehead atoms. The molecule has 0 aliphatic heterocycles. The maximum atomic E-state index is 13.5. The largest absolute Gasteiger partial charge is 0.392 e. The summed E-state index contributed by atoms with van der Waals surface area (Å²) < 4.78 is 26.8. The van der Waals surface area contributed by atoms with Crippen molar-refractivity contribution in [3.05, 3.63) is 53.9 Å². The van der Waals surface area contributed by atoms with Gasteiger partial charge in [0.25, 0.3) is 0 Å². The Bertz CT molecular complexity index is 514. The van der Waals surface area contributed by atoms with Crippen molar-refractivity contribution in [3.8, 4) is 11.1 Å². The molecule has 1 aromatic heterocycles. The van der Waals surface area contributed by atoms with Gasteiger partial charge in [0.2, 0.25) is 0 Å². The molecular weight excluding hydrogens is 212 g/mol. The van der Waals surface area contributed by atoms with Crippen LogP contribution in [0.25, 0.3) is 11.1 Å². The lowest BCUT2D eigenvalue weighted by Crippen LogP contribution is -1.97. The standard InChI is InChI=1S/C12H9F2NO/c13-11-4-2-1-3-8(11)9-5-15-6-12(14)10(9)7-16/h1-6,16H,7H2. The summed E-state index contributed by atoms with van der Waals surface area (Å²) in [5.41, 5.74) is 0.569. The predicted molar refractivity (Wildman–Crippen MR) is 55.5 cm³/mol. The number of halogens is 2. The molecular formula is C12H9F2NO. The average Bonchev–Trinajstić information content (AvgIpc) is 2.29. The van der Waals surface area contributed by atoms with Gasteiger partial charge in [-0.05, 0) is 6.07 Å². The first-order valence-electron chi connectivity index (χ1n) is 4.72. The highest BCUT2D eigenvalue weighted by Gasteiger charge is 2.12. The van der Waals surface area contributed by atoms with Crippen LogP contribution < -0.4 is 0 Å². The van der Waals surface area contributed by atoms with E-state index in [4.69, 9.17) is 5.11 Å². The minimum atomic E-state index is -0.636. The van der Waals surface area contributed by atoms with Gasteiger partial charge in [-0.3, -0.25) is 4.98 Å². The van der Waals surface area contributed by atoms with Crippen LogP contribution in [0.1, 0.15) is 5.56 Å². The van der Waals surface area contributed by atoms with Crippen LogP contribution in [0, 0.1) is 11.6 Å². The fourth-order valence-electron chi connectivity index (χ4n) is 1.53. The molecule has 0 atom stereocenters. The van der Waals surface area contributed by atoms with Crippen LogP contribution in [-0.4, -0.2) is 10.1 Å². The van der Waals surface area contributed by atoms with Crippen LogP contribution in [0.4, 0.5) is 8.78 Å². The third-order valence-corrected chi connectivity index (χ3v) is 2.33. The predicted octanol–water partition coefficient (Wildman–Crippen LogP) is 2.52. The zero-order chi connectivity index (χ0) is 11.5. The lowest BCUT2D eigenvalue weighted by Gasteiger charge is -2.08. The molecule has 0 saturated heterocycles. The van der Waals surface area contributed by atoms with Gasteiger partial charge in [0.1, 0.15) is 11.6 Å². The molecule has 16 heavy (non-hydrogen) atoms. The molecule has 1 heterocycles. The quantitative estimate of drug-likeness (QED) is 0.845. The molecule has 0 amide bonds. The number of hydrogen-bond donors (Lipinski definition) is 1. The molecule has 0 saturated carbocycles. The van der Waals surface area contributed by atoms with Gasteiger partial charge in [-0.2, -0.15) is 0 Å². The van der Waals surface area contributed by atoms with E-state index in [1.165, 1.54) is 18.3 Å². The molecule has 0 fully saturated rings. The molecule has 0 radical (unpaired) electrons. The summed E-state index contributed by atoms with van der Waals surface area (Å²) >= 11 is 0. The fourth-order valence-corrected chi connectivity index (χ4v) is 1.53. The Morgan fingerprint density at radius 3 is 2.44 bits per heavy atom. The summed E-state index contributed by atoms with van der Waals surface area (Å²) in [6, 6.07) is 5.99. The highest BCUT2D eigenvalue weighted by atomic mass is 19.1. The van der Waals surface area contributed by atoms with Crippen molar-refractivity contribution in [1.82, 2.24) is 4.98 Å². The Labute approximate surface area is 91.2 Å². The lowest BCUT2D eigenvalue weighted by molar-refractivity contribution is 0.276. The van der Waals surface area contributed by atoms with Gasteiger partial charge in [-0.25, -0.2) is 8.78 Å². The maximum Gasteiger partial charge on any atom is 0.147 e. The second-order valence-electron chi connectivity index (χ2n) is 3.29. The second kappa shape index (κ2) is 4.37. The third kappa shape index (κ3) is 1.79. The van der Waals surface area contributed by atoms with E-state index < -0.39 is 18.2 Å². The molecule has 0 aliphatic carbocycles. The minimum absolute atomic E-state index is 0.0556. The van der Waals surface area contributed by atoms with Gasteiger partial charge in [0.15, 0.2) is 0 Å².